The molecule has 20 heavy (non-hydrogen) atoms. The van der Waals surface area contributed by atoms with Gasteiger partial charge in [-0.1, -0.05) is 35.3 Å². The highest BCUT2D eigenvalue weighted by atomic mass is 35.5. The van der Waals surface area contributed by atoms with Crippen molar-refractivity contribution < 1.29 is 4.74 Å². The van der Waals surface area contributed by atoms with E-state index >= 15 is 0 Å². The largest absolute Gasteiger partial charge is 0.488 e. The van der Waals surface area contributed by atoms with Gasteiger partial charge in [-0.2, -0.15) is 0 Å². The smallest absolute Gasteiger partial charge is 0.131 e. The van der Waals surface area contributed by atoms with Crippen LogP contribution in [0.25, 0.3) is 11.1 Å². The van der Waals surface area contributed by atoms with E-state index < -0.39 is 0 Å². The fourth-order valence-electron chi connectivity index (χ4n) is 2.66. The number of fused-ring (bicyclic) bond motifs is 1. The molecule has 0 aliphatic carbocycles. The third kappa shape index (κ3) is 2.28. The van der Waals surface area contributed by atoms with Gasteiger partial charge in [-0.3, -0.25) is 0 Å². The monoisotopic (exact) mass is 307 g/mol. The lowest BCUT2D eigenvalue weighted by atomic mass is 9.97. The second-order valence-electron chi connectivity index (χ2n) is 5.08. The minimum absolute atomic E-state index is 0.0341. The molecule has 0 radical (unpaired) electrons. The van der Waals surface area contributed by atoms with Crippen LogP contribution in [-0.2, 0) is 6.42 Å². The molecule has 4 heteroatoms. The zero-order chi connectivity index (χ0) is 14.3. The van der Waals surface area contributed by atoms with E-state index in [9.17, 15) is 0 Å². The average molecular weight is 308 g/mol. The van der Waals surface area contributed by atoms with Crippen molar-refractivity contribution in [3.05, 3.63) is 51.5 Å². The molecule has 2 N–H and O–H groups in total. The maximum atomic E-state index is 6.32. The summed E-state index contributed by atoms with van der Waals surface area (Å²) in [7, 11) is 0. The van der Waals surface area contributed by atoms with Crippen LogP contribution in [0.4, 0.5) is 0 Å². The second-order valence-corrected chi connectivity index (χ2v) is 5.89. The number of rotatable bonds is 2. The van der Waals surface area contributed by atoms with E-state index in [4.69, 9.17) is 33.7 Å². The summed E-state index contributed by atoms with van der Waals surface area (Å²) in [5.41, 5.74) is 9.84. The van der Waals surface area contributed by atoms with Gasteiger partial charge in [-0.05, 0) is 36.2 Å². The van der Waals surface area contributed by atoms with Crippen LogP contribution < -0.4 is 10.5 Å². The molecule has 1 aliphatic heterocycles. The number of ether oxygens (including phenoxy) is 1. The van der Waals surface area contributed by atoms with Gasteiger partial charge in [0.15, 0.2) is 0 Å². The Morgan fingerprint density at radius 3 is 2.60 bits per heavy atom. The molecule has 104 valence electrons. The van der Waals surface area contributed by atoms with Gasteiger partial charge in [-0.25, -0.2) is 0 Å². The molecule has 2 nitrogen and oxygen atoms in total. The number of hydrogen-bond donors (Lipinski definition) is 1. The summed E-state index contributed by atoms with van der Waals surface area (Å²) in [6.45, 7) is 2.56. The lowest BCUT2D eigenvalue weighted by Gasteiger charge is -2.14. The SMILES string of the molecule is Cc1cc2c(c(-c3c(Cl)cccc3Cl)c1)O[C@@H](CN)C2. The Bertz CT molecular complexity index is 650. The number of halogens is 2. The third-order valence-corrected chi connectivity index (χ3v) is 4.17. The van der Waals surface area contributed by atoms with Crippen molar-refractivity contribution in [2.75, 3.05) is 6.54 Å². The van der Waals surface area contributed by atoms with Crippen LogP contribution in [0.5, 0.6) is 5.75 Å². The van der Waals surface area contributed by atoms with Gasteiger partial charge in [0.2, 0.25) is 0 Å². The lowest BCUT2D eigenvalue weighted by Crippen LogP contribution is -2.24. The van der Waals surface area contributed by atoms with Crippen LogP contribution in [0, 0.1) is 6.92 Å². The molecule has 1 atom stereocenters. The van der Waals surface area contributed by atoms with E-state index in [1.165, 1.54) is 5.56 Å². The Balaban J connectivity index is 2.21. The van der Waals surface area contributed by atoms with Gasteiger partial charge in [0.25, 0.3) is 0 Å². The number of nitrogens with two attached hydrogens (primary N) is 1. The van der Waals surface area contributed by atoms with E-state index in [1.807, 2.05) is 18.2 Å². The van der Waals surface area contributed by atoms with Crippen LogP contribution >= 0.6 is 23.2 Å². The number of hydrogen-bond acceptors (Lipinski definition) is 2. The summed E-state index contributed by atoms with van der Waals surface area (Å²) in [6, 6.07) is 9.72. The summed E-state index contributed by atoms with van der Waals surface area (Å²) in [6.07, 6.45) is 0.870. The molecule has 0 unspecified atom stereocenters. The Labute approximate surface area is 128 Å². The van der Waals surface area contributed by atoms with Gasteiger partial charge in [0, 0.05) is 24.1 Å². The van der Waals surface area contributed by atoms with Crippen LogP contribution in [-0.4, -0.2) is 12.6 Å². The molecule has 0 spiro atoms. The lowest BCUT2D eigenvalue weighted by molar-refractivity contribution is 0.242. The molecule has 0 saturated heterocycles. The normalized spacial score (nSPS) is 16.9. The number of aryl methyl sites for hydroxylation is 1. The predicted molar refractivity (Wildman–Crippen MR) is 83.8 cm³/mol. The van der Waals surface area contributed by atoms with Crippen LogP contribution in [0.15, 0.2) is 30.3 Å². The van der Waals surface area contributed by atoms with Crippen molar-refractivity contribution in [3.8, 4) is 16.9 Å². The van der Waals surface area contributed by atoms with E-state index in [0.29, 0.717) is 16.6 Å². The van der Waals surface area contributed by atoms with Crippen molar-refractivity contribution >= 4 is 23.2 Å². The second kappa shape index (κ2) is 5.28. The Hall–Kier alpha value is -1.22. The zero-order valence-corrected chi connectivity index (χ0v) is 12.6. The van der Waals surface area contributed by atoms with Gasteiger partial charge in [-0.15, -0.1) is 0 Å². The summed E-state index contributed by atoms with van der Waals surface area (Å²) >= 11 is 12.6. The van der Waals surface area contributed by atoms with Crippen molar-refractivity contribution in [1.82, 2.24) is 0 Å². The molecular formula is C16H15Cl2NO. The molecule has 0 aromatic heterocycles. The van der Waals surface area contributed by atoms with Crippen molar-refractivity contribution in [3.63, 3.8) is 0 Å². The predicted octanol–water partition coefficient (Wildman–Crippen LogP) is 4.23. The first-order chi connectivity index (χ1) is 9.60. The first-order valence-corrected chi connectivity index (χ1v) is 7.30. The standard InChI is InChI=1S/C16H15Cl2NO/c1-9-5-10-7-11(8-19)20-16(10)12(6-9)15-13(17)3-2-4-14(15)18/h2-6,11H,7-8,19H2,1H3/t11-/m1/s1. The topological polar surface area (TPSA) is 35.2 Å². The zero-order valence-electron chi connectivity index (χ0n) is 11.1. The molecule has 2 aromatic carbocycles. The van der Waals surface area contributed by atoms with Crippen LogP contribution in [0.3, 0.4) is 0 Å². The Morgan fingerprint density at radius 2 is 1.95 bits per heavy atom. The first-order valence-electron chi connectivity index (χ1n) is 6.54. The Kier molecular flexibility index (Phi) is 3.63. The van der Waals surface area contributed by atoms with Gasteiger partial charge in [0.1, 0.15) is 11.9 Å². The highest BCUT2D eigenvalue weighted by Gasteiger charge is 2.26. The van der Waals surface area contributed by atoms with Crippen molar-refractivity contribution in [2.24, 2.45) is 5.73 Å². The molecule has 0 amide bonds. The van der Waals surface area contributed by atoms with E-state index in [-0.39, 0.29) is 6.10 Å². The minimum Gasteiger partial charge on any atom is -0.488 e. The fourth-order valence-corrected chi connectivity index (χ4v) is 3.27. The van der Waals surface area contributed by atoms with Crippen molar-refractivity contribution in [1.29, 1.82) is 0 Å². The summed E-state index contributed by atoms with van der Waals surface area (Å²) in [5.74, 6) is 0.862. The van der Waals surface area contributed by atoms with Crippen LogP contribution in [0.1, 0.15) is 11.1 Å². The molecule has 0 saturated carbocycles. The van der Waals surface area contributed by atoms with Gasteiger partial charge in [0.05, 0.1) is 10.0 Å². The van der Waals surface area contributed by atoms with Gasteiger partial charge >= 0.3 is 0 Å². The molecule has 1 aliphatic rings. The summed E-state index contributed by atoms with van der Waals surface area (Å²) < 4.78 is 5.96. The van der Waals surface area contributed by atoms with Gasteiger partial charge < -0.3 is 10.5 Å². The maximum absolute atomic E-state index is 6.32. The quantitative estimate of drug-likeness (QED) is 0.901. The van der Waals surface area contributed by atoms with E-state index in [1.54, 1.807) is 0 Å². The highest BCUT2D eigenvalue weighted by Crippen LogP contribution is 2.44. The number of benzene rings is 2. The molecule has 0 bridgehead atoms. The van der Waals surface area contributed by atoms with Crippen LogP contribution in [0.2, 0.25) is 10.0 Å². The minimum atomic E-state index is 0.0341. The average Bonchev–Trinajstić information content (AvgIpc) is 2.81. The molecule has 3 rings (SSSR count). The summed E-state index contributed by atoms with van der Waals surface area (Å²) in [5, 5.41) is 1.26. The molecule has 2 aromatic rings. The van der Waals surface area contributed by atoms with Crippen molar-refractivity contribution in [2.45, 2.75) is 19.4 Å². The molecular weight excluding hydrogens is 293 g/mol. The fraction of sp³-hybridized carbons (Fsp3) is 0.250. The maximum Gasteiger partial charge on any atom is 0.131 e. The van der Waals surface area contributed by atoms with E-state index in [2.05, 4.69) is 19.1 Å². The first kappa shape index (κ1) is 13.7. The summed E-state index contributed by atoms with van der Waals surface area (Å²) in [4.78, 5) is 0. The molecule has 0 fully saturated rings. The Morgan fingerprint density at radius 1 is 1.25 bits per heavy atom. The highest BCUT2D eigenvalue weighted by molar-refractivity contribution is 6.39. The third-order valence-electron chi connectivity index (χ3n) is 3.54. The van der Waals surface area contributed by atoms with E-state index in [0.717, 1.165) is 28.9 Å². The molecule has 1 heterocycles.